The van der Waals surface area contributed by atoms with Crippen LogP contribution in [0.1, 0.15) is 18.4 Å². The summed E-state index contributed by atoms with van der Waals surface area (Å²) in [6.07, 6.45) is 1.07. The second-order valence-electron chi connectivity index (χ2n) is 5.68. The summed E-state index contributed by atoms with van der Waals surface area (Å²) < 4.78 is 5.83. The van der Waals surface area contributed by atoms with Gasteiger partial charge in [0.25, 0.3) is 0 Å². The fraction of sp³-hybridized carbons (Fsp3) is 0.222. The minimum Gasteiger partial charge on any atom is -0.419 e. The van der Waals surface area contributed by atoms with E-state index in [4.69, 9.17) is 4.42 Å². The molecule has 0 aliphatic carbocycles. The Morgan fingerprint density at radius 3 is 2.68 bits per heavy atom. The molecule has 3 aromatic rings. The molecule has 4 heteroatoms. The van der Waals surface area contributed by atoms with Gasteiger partial charge < -0.3 is 9.32 Å². The van der Waals surface area contributed by atoms with E-state index in [1.807, 2.05) is 30.3 Å². The highest BCUT2D eigenvalue weighted by atomic mass is 16.4. The van der Waals surface area contributed by atoms with Gasteiger partial charge in [0.15, 0.2) is 0 Å². The first kappa shape index (κ1) is 13.1. The van der Waals surface area contributed by atoms with Crippen LogP contribution in [0.15, 0.2) is 59.0 Å². The van der Waals surface area contributed by atoms with E-state index in [1.54, 1.807) is 0 Å². The number of para-hydroxylation sites is 1. The van der Waals surface area contributed by atoms with E-state index in [0.717, 1.165) is 12.0 Å². The van der Waals surface area contributed by atoms with E-state index < -0.39 is 0 Å². The van der Waals surface area contributed by atoms with Crippen LogP contribution in [0.25, 0.3) is 11.5 Å². The van der Waals surface area contributed by atoms with Crippen molar-refractivity contribution in [2.24, 2.45) is 0 Å². The molecule has 1 atom stereocenters. The second-order valence-corrected chi connectivity index (χ2v) is 5.68. The first-order chi connectivity index (χ1) is 10.8. The van der Waals surface area contributed by atoms with Crippen molar-refractivity contribution in [3.05, 3.63) is 66.1 Å². The number of aromatic nitrogens is 2. The van der Waals surface area contributed by atoms with Crippen molar-refractivity contribution in [2.45, 2.75) is 25.9 Å². The lowest BCUT2D eigenvalue weighted by atomic mass is 10.1. The van der Waals surface area contributed by atoms with Crippen molar-refractivity contribution in [1.29, 1.82) is 0 Å². The molecule has 0 spiro atoms. The molecular weight excluding hydrogens is 274 g/mol. The Labute approximate surface area is 129 Å². The van der Waals surface area contributed by atoms with Crippen LogP contribution in [0.5, 0.6) is 0 Å². The number of fused-ring (bicyclic) bond motifs is 1. The predicted molar refractivity (Wildman–Crippen MR) is 85.5 cm³/mol. The summed E-state index contributed by atoms with van der Waals surface area (Å²) in [5, 5.41) is 8.37. The van der Waals surface area contributed by atoms with E-state index in [-0.39, 0.29) is 0 Å². The Bertz CT molecular complexity index is 782. The number of hydrogen-bond donors (Lipinski definition) is 0. The molecule has 4 nitrogen and oxygen atoms in total. The van der Waals surface area contributed by atoms with Gasteiger partial charge in [0, 0.05) is 17.3 Å². The van der Waals surface area contributed by atoms with Crippen molar-refractivity contribution in [3.8, 4) is 11.5 Å². The average molecular weight is 291 g/mol. The molecule has 0 unspecified atom stereocenters. The maximum Gasteiger partial charge on any atom is 0.247 e. The van der Waals surface area contributed by atoms with Crippen molar-refractivity contribution >= 4 is 5.69 Å². The van der Waals surface area contributed by atoms with Gasteiger partial charge in [-0.25, -0.2) is 0 Å². The smallest absolute Gasteiger partial charge is 0.247 e. The quantitative estimate of drug-likeness (QED) is 0.738. The Hall–Kier alpha value is -2.62. The molecule has 2 heterocycles. The second kappa shape index (κ2) is 5.30. The Balaban J connectivity index is 1.59. The summed E-state index contributed by atoms with van der Waals surface area (Å²) in [7, 11) is 0. The molecule has 4 rings (SSSR count). The number of anilines is 1. The number of benzene rings is 2. The molecule has 2 aromatic carbocycles. The molecule has 22 heavy (non-hydrogen) atoms. The summed E-state index contributed by atoms with van der Waals surface area (Å²) >= 11 is 0. The average Bonchev–Trinajstić information content (AvgIpc) is 3.14. The highest BCUT2D eigenvalue weighted by molar-refractivity contribution is 5.59. The van der Waals surface area contributed by atoms with Crippen molar-refractivity contribution in [2.75, 3.05) is 4.90 Å². The molecule has 0 bridgehead atoms. The predicted octanol–water partition coefficient (Wildman–Crippen LogP) is 3.69. The monoisotopic (exact) mass is 291 g/mol. The van der Waals surface area contributed by atoms with E-state index in [0.29, 0.717) is 24.4 Å². The standard InChI is InChI=1S/C18H17N3O/c1-13-11-15-9-5-6-10-16(15)21(13)12-17-19-20-18(22-17)14-7-3-2-4-8-14/h2-10,13H,11-12H2,1H3/t13-/m0/s1. The largest absolute Gasteiger partial charge is 0.419 e. The van der Waals surface area contributed by atoms with E-state index >= 15 is 0 Å². The molecule has 0 saturated carbocycles. The van der Waals surface area contributed by atoms with Gasteiger partial charge in [-0.1, -0.05) is 36.4 Å². The molecule has 0 N–H and O–H groups in total. The molecule has 0 saturated heterocycles. The van der Waals surface area contributed by atoms with Crippen molar-refractivity contribution < 1.29 is 4.42 Å². The van der Waals surface area contributed by atoms with Crippen LogP contribution in [-0.4, -0.2) is 16.2 Å². The fourth-order valence-corrected chi connectivity index (χ4v) is 3.03. The van der Waals surface area contributed by atoms with Crippen molar-refractivity contribution in [3.63, 3.8) is 0 Å². The number of nitrogens with zero attached hydrogens (tertiary/aromatic N) is 3. The van der Waals surface area contributed by atoms with Crippen molar-refractivity contribution in [1.82, 2.24) is 10.2 Å². The van der Waals surface area contributed by atoms with E-state index in [9.17, 15) is 0 Å². The third kappa shape index (κ3) is 2.26. The highest BCUT2D eigenvalue weighted by Gasteiger charge is 2.27. The maximum atomic E-state index is 5.83. The maximum absolute atomic E-state index is 5.83. The zero-order valence-electron chi connectivity index (χ0n) is 12.4. The molecule has 110 valence electrons. The topological polar surface area (TPSA) is 42.2 Å². The third-order valence-electron chi connectivity index (χ3n) is 4.14. The molecule has 1 aromatic heterocycles. The number of rotatable bonds is 3. The first-order valence-corrected chi connectivity index (χ1v) is 7.53. The Kier molecular flexibility index (Phi) is 3.15. The van der Waals surface area contributed by atoms with Crippen LogP contribution >= 0.6 is 0 Å². The lowest BCUT2D eigenvalue weighted by molar-refractivity contribution is 0.489. The SMILES string of the molecule is C[C@H]1Cc2ccccc2N1Cc1nnc(-c2ccccc2)o1. The summed E-state index contributed by atoms with van der Waals surface area (Å²) in [5.74, 6) is 1.23. The lowest BCUT2D eigenvalue weighted by Crippen LogP contribution is -2.28. The van der Waals surface area contributed by atoms with Gasteiger partial charge >= 0.3 is 0 Å². The van der Waals surface area contributed by atoms with Gasteiger partial charge in [-0.3, -0.25) is 0 Å². The molecule has 0 fully saturated rings. The molecule has 1 aliphatic heterocycles. The van der Waals surface area contributed by atoms with E-state index in [1.165, 1.54) is 11.3 Å². The number of hydrogen-bond acceptors (Lipinski definition) is 4. The van der Waals surface area contributed by atoms with Gasteiger partial charge in [-0.2, -0.15) is 0 Å². The van der Waals surface area contributed by atoms with Crippen LogP contribution in [0.4, 0.5) is 5.69 Å². The summed E-state index contributed by atoms with van der Waals surface area (Å²) in [6.45, 7) is 2.88. The Morgan fingerprint density at radius 2 is 1.82 bits per heavy atom. The zero-order chi connectivity index (χ0) is 14.9. The van der Waals surface area contributed by atoms with Crippen LogP contribution in [0, 0.1) is 0 Å². The lowest BCUT2D eigenvalue weighted by Gasteiger charge is -2.22. The van der Waals surface area contributed by atoms with Crippen LogP contribution in [0.3, 0.4) is 0 Å². The van der Waals surface area contributed by atoms with Gasteiger partial charge in [-0.05, 0) is 37.1 Å². The van der Waals surface area contributed by atoms with Gasteiger partial charge in [0.05, 0.1) is 6.54 Å². The molecular formula is C18H17N3O. The summed E-state index contributed by atoms with van der Waals surface area (Å²) in [6, 6.07) is 18.8. The van der Waals surface area contributed by atoms with Crippen LogP contribution in [-0.2, 0) is 13.0 Å². The Morgan fingerprint density at radius 1 is 1.05 bits per heavy atom. The molecule has 1 aliphatic rings. The zero-order valence-corrected chi connectivity index (χ0v) is 12.4. The first-order valence-electron chi connectivity index (χ1n) is 7.53. The van der Waals surface area contributed by atoms with E-state index in [2.05, 4.69) is 46.3 Å². The minimum atomic E-state index is 0.449. The molecule has 0 radical (unpaired) electrons. The van der Waals surface area contributed by atoms with Gasteiger partial charge in [-0.15, -0.1) is 10.2 Å². The summed E-state index contributed by atoms with van der Waals surface area (Å²) in [5.41, 5.74) is 3.61. The third-order valence-corrected chi connectivity index (χ3v) is 4.14. The normalized spacial score (nSPS) is 16.8. The molecule has 0 amide bonds. The minimum absolute atomic E-state index is 0.449. The summed E-state index contributed by atoms with van der Waals surface area (Å²) in [4.78, 5) is 2.33. The van der Waals surface area contributed by atoms with Crippen LogP contribution in [0.2, 0.25) is 0 Å². The fourth-order valence-electron chi connectivity index (χ4n) is 3.03. The van der Waals surface area contributed by atoms with Gasteiger partial charge in [0.1, 0.15) is 0 Å². The highest BCUT2D eigenvalue weighted by Crippen LogP contribution is 2.33. The van der Waals surface area contributed by atoms with Gasteiger partial charge in [0.2, 0.25) is 11.8 Å². The van der Waals surface area contributed by atoms with Crippen LogP contribution < -0.4 is 4.90 Å².